The highest BCUT2D eigenvalue weighted by molar-refractivity contribution is 9.10. The molecule has 20 heavy (non-hydrogen) atoms. The van der Waals surface area contributed by atoms with Crippen LogP contribution in [0.1, 0.15) is 17.2 Å². The maximum atomic E-state index is 13.4. The van der Waals surface area contributed by atoms with Crippen molar-refractivity contribution in [3.8, 4) is 0 Å². The number of hydrogen-bond donors (Lipinski definition) is 1. The predicted molar refractivity (Wildman–Crippen MR) is 88.8 cm³/mol. The first-order valence-corrected chi connectivity index (χ1v) is 8.03. The van der Waals surface area contributed by atoms with Gasteiger partial charge in [0.25, 0.3) is 0 Å². The molecule has 0 aliphatic heterocycles. The van der Waals surface area contributed by atoms with Crippen molar-refractivity contribution >= 4 is 43.5 Å². The summed E-state index contributed by atoms with van der Waals surface area (Å²) in [5.41, 5.74) is 2.00. The van der Waals surface area contributed by atoms with Crippen LogP contribution in [0.25, 0.3) is 0 Å². The lowest BCUT2D eigenvalue weighted by atomic mass is 9.99. The number of rotatable bonds is 4. The van der Waals surface area contributed by atoms with Crippen LogP contribution in [-0.2, 0) is 6.42 Å². The van der Waals surface area contributed by atoms with E-state index in [1.807, 2.05) is 31.3 Å². The summed E-state index contributed by atoms with van der Waals surface area (Å²) in [6.45, 7) is 0. The van der Waals surface area contributed by atoms with Crippen LogP contribution < -0.4 is 5.32 Å². The Labute approximate surface area is 139 Å². The second-order valence-electron chi connectivity index (χ2n) is 4.50. The quantitative estimate of drug-likeness (QED) is 0.687. The molecule has 0 heterocycles. The molecule has 0 aromatic heterocycles. The van der Waals surface area contributed by atoms with Crippen LogP contribution in [0, 0.1) is 5.82 Å². The highest BCUT2D eigenvalue weighted by Gasteiger charge is 2.12. The molecule has 0 spiro atoms. The van der Waals surface area contributed by atoms with Crippen LogP contribution in [0.3, 0.4) is 0 Å². The maximum Gasteiger partial charge on any atom is 0.124 e. The number of benzene rings is 2. The average Bonchev–Trinajstić information content (AvgIpc) is 2.38. The molecule has 0 bridgehead atoms. The number of hydrogen-bond acceptors (Lipinski definition) is 1. The maximum absolute atomic E-state index is 13.4. The van der Waals surface area contributed by atoms with Crippen LogP contribution in [-0.4, -0.2) is 7.05 Å². The zero-order chi connectivity index (χ0) is 14.7. The smallest absolute Gasteiger partial charge is 0.124 e. The van der Waals surface area contributed by atoms with Gasteiger partial charge >= 0.3 is 0 Å². The molecule has 5 heteroatoms. The van der Waals surface area contributed by atoms with E-state index in [9.17, 15) is 4.39 Å². The summed E-state index contributed by atoms with van der Waals surface area (Å²) in [5, 5.41) is 3.91. The summed E-state index contributed by atoms with van der Waals surface area (Å²) in [6.07, 6.45) is 0.685. The molecule has 0 radical (unpaired) electrons. The van der Waals surface area contributed by atoms with E-state index < -0.39 is 0 Å². The molecule has 0 fully saturated rings. The molecular weight excluding hydrogens is 408 g/mol. The third kappa shape index (κ3) is 4.04. The Hall–Kier alpha value is -0.420. The van der Waals surface area contributed by atoms with Gasteiger partial charge in [-0.1, -0.05) is 33.6 Å². The standard InChI is InChI=1S/C15H13Br2ClFN/c1-20-15(10-2-3-13(17)14(18)7-10)6-9-4-11(16)8-12(19)5-9/h2-5,7-8,15,20H,6H2,1H3. The molecule has 1 atom stereocenters. The van der Waals surface area contributed by atoms with Gasteiger partial charge in [-0.05, 0) is 70.9 Å². The van der Waals surface area contributed by atoms with E-state index in [2.05, 4.69) is 37.2 Å². The van der Waals surface area contributed by atoms with Gasteiger partial charge in [-0.15, -0.1) is 0 Å². The van der Waals surface area contributed by atoms with Crippen molar-refractivity contribution in [3.05, 3.63) is 67.3 Å². The minimum Gasteiger partial charge on any atom is -0.313 e. The van der Waals surface area contributed by atoms with E-state index in [0.29, 0.717) is 11.4 Å². The molecule has 2 rings (SSSR count). The largest absolute Gasteiger partial charge is 0.313 e. The fourth-order valence-electron chi connectivity index (χ4n) is 2.08. The molecule has 2 aromatic rings. The molecule has 1 N–H and O–H groups in total. The van der Waals surface area contributed by atoms with Gasteiger partial charge in [0, 0.05) is 15.0 Å². The molecule has 1 unspecified atom stereocenters. The molecular formula is C15H13Br2ClFN. The number of halogens is 4. The van der Waals surface area contributed by atoms with Crippen molar-refractivity contribution in [1.29, 1.82) is 0 Å². The van der Waals surface area contributed by atoms with Crippen LogP contribution >= 0.6 is 43.5 Å². The third-order valence-electron chi connectivity index (χ3n) is 3.06. The van der Waals surface area contributed by atoms with Gasteiger partial charge in [-0.3, -0.25) is 0 Å². The van der Waals surface area contributed by atoms with Gasteiger partial charge < -0.3 is 5.32 Å². The van der Waals surface area contributed by atoms with Crippen LogP contribution in [0.2, 0.25) is 5.02 Å². The van der Waals surface area contributed by atoms with Crippen molar-refractivity contribution in [1.82, 2.24) is 5.32 Å². The summed E-state index contributed by atoms with van der Waals surface area (Å²) in [4.78, 5) is 0. The van der Waals surface area contributed by atoms with Crippen molar-refractivity contribution in [2.75, 3.05) is 7.05 Å². The average molecular weight is 422 g/mol. The summed E-state index contributed by atoms with van der Waals surface area (Å²) < 4.78 is 15.0. The number of likely N-dealkylation sites (N-methyl/N-ethyl adjacent to an activating group) is 1. The minimum atomic E-state index is -0.238. The Morgan fingerprint density at radius 3 is 2.55 bits per heavy atom. The Bertz CT molecular complexity index is 599. The highest BCUT2D eigenvalue weighted by Crippen LogP contribution is 2.28. The summed E-state index contributed by atoms with van der Waals surface area (Å²) in [6, 6.07) is 10.8. The molecule has 0 saturated heterocycles. The van der Waals surface area contributed by atoms with Gasteiger partial charge in [0.05, 0.1) is 5.02 Å². The minimum absolute atomic E-state index is 0.0781. The van der Waals surface area contributed by atoms with Crippen molar-refractivity contribution in [2.24, 2.45) is 0 Å². The van der Waals surface area contributed by atoms with E-state index >= 15 is 0 Å². The monoisotopic (exact) mass is 419 g/mol. The second-order valence-corrected chi connectivity index (χ2v) is 6.67. The first kappa shape index (κ1) is 16.0. The number of nitrogens with one attached hydrogen (secondary N) is 1. The fourth-order valence-corrected chi connectivity index (χ4v) is 3.03. The Morgan fingerprint density at radius 2 is 1.95 bits per heavy atom. The fraction of sp³-hybridized carbons (Fsp3) is 0.200. The Balaban J connectivity index is 2.26. The Morgan fingerprint density at radius 1 is 1.20 bits per heavy atom. The molecule has 1 nitrogen and oxygen atoms in total. The zero-order valence-corrected chi connectivity index (χ0v) is 14.7. The topological polar surface area (TPSA) is 12.0 Å². The van der Waals surface area contributed by atoms with Crippen molar-refractivity contribution in [2.45, 2.75) is 12.5 Å². The first-order chi connectivity index (χ1) is 9.49. The van der Waals surface area contributed by atoms with Gasteiger partial charge in [-0.2, -0.15) is 0 Å². The Kier molecular flexibility index (Phi) is 5.61. The highest BCUT2D eigenvalue weighted by atomic mass is 79.9. The summed E-state index contributed by atoms with van der Waals surface area (Å²) in [5.74, 6) is -0.238. The second kappa shape index (κ2) is 7.03. The zero-order valence-electron chi connectivity index (χ0n) is 10.8. The molecule has 0 aliphatic rings. The van der Waals surface area contributed by atoms with E-state index in [1.165, 1.54) is 6.07 Å². The van der Waals surface area contributed by atoms with E-state index in [4.69, 9.17) is 11.6 Å². The third-order valence-corrected chi connectivity index (χ3v) is 4.75. The van der Waals surface area contributed by atoms with Gasteiger partial charge in [0.2, 0.25) is 0 Å². The summed E-state index contributed by atoms with van der Waals surface area (Å²) >= 11 is 12.8. The van der Waals surface area contributed by atoms with Gasteiger partial charge in [0.15, 0.2) is 0 Å². The molecule has 2 aromatic carbocycles. The van der Waals surface area contributed by atoms with Crippen LogP contribution in [0.5, 0.6) is 0 Å². The lowest BCUT2D eigenvalue weighted by Gasteiger charge is -2.17. The molecule has 0 amide bonds. The lowest BCUT2D eigenvalue weighted by Crippen LogP contribution is -2.19. The SMILES string of the molecule is CNC(Cc1cc(F)cc(Br)c1)c1ccc(Br)c(Cl)c1. The predicted octanol–water partition coefficient (Wildman–Crippen LogP) is 5.51. The molecule has 0 aliphatic carbocycles. The van der Waals surface area contributed by atoms with Gasteiger partial charge in [0.1, 0.15) is 5.82 Å². The van der Waals surface area contributed by atoms with Gasteiger partial charge in [-0.25, -0.2) is 4.39 Å². The first-order valence-electron chi connectivity index (χ1n) is 6.07. The summed E-state index contributed by atoms with van der Waals surface area (Å²) in [7, 11) is 1.88. The van der Waals surface area contributed by atoms with Crippen molar-refractivity contribution < 1.29 is 4.39 Å². The van der Waals surface area contributed by atoms with Crippen LogP contribution in [0.4, 0.5) is 4.39 Å². The molecule has 0 saturated carbocycles. The van der Waals surface area contributed by atoms with E-state index in [-0.39, 0.29) is 11.9 Å². The van der Waals surface area contributed by atoms with Crippen molar-refractivity contribution in [3.63, 3.8) is 0 Å². The van der Waals surface area contributed by atoms with E-state index in [1.54, 1.807) is 6.07 Å². The van der Waals surface area contributed by atoms with E-state index in [0.717, 1.165) is 20.1 Å². The van der Waals surface area contributed by atoms with Crippen LogP contribution in [0.15, 0.2) is 45.3 Å². The normalized spacial score (nSPS) is 12.4. The molecule has 106 valence electrons. The lowest BCUT2D eigenvalue weighted by molar-refractivity contribution is 0.583.